The highest BCUT2D eigenvalue weighted by Gasteiger charge is 2.22. The zero-order chi connectivity index (χ0) is 14.8. The van der Waals surface area contributed by atoms with Crippen molar-refractivity contribution in [3.8, 4) is 0 Å². The molecule has 2 N–H and O–H groups in total. The lowest BCUT2D eigenvalue weighted by Crippen LogP contribution is -2.33. The number of rotatable bonds is 4. The fraction of sp³-hybridized carbons (Fsp3) is 0.500. The highest BCUT2D eigenvalue weighted by molar-refractivity contribution is 9.10. The quantitative estimate of drug-likeness (QED) is 0.802. The Bertz CT molecular complexity index is 589. The van der Waals surface area contributed by atoms with Gasteiger partial charge in [0.15, 0.2) is 0 Å². The van der Waals surface area contributed by atoms with Crippen molar-refractivity contribution in [2.75, 3.05) is 23.6 Å². The molecule has 0 spiro atoms. The molecule has 0 radical (unpaired) electrons. The van der Waals surface area contributed by atoms with E-state index in [0.29, 0.717) is 6.07 Å². The molecule has 8 heteroatoms. The molecular formula is C12H15BrF2N2O2S. The van der Waals surface area contributed by atoms with Crippen LogP contribution < -0.4 is 10.0 Å². The second-order valence-corrected chi connectivity index (χ2v) is 7.44. The van der Waals surface area contributed by atoms with Gasteiger partial charge in [-0.25, -0.2) is 17.2 Å². The normalized spacial score (nSPS) is 17.1. The zero-order valence-electron chi connectivity index (χ0n) is 10.6. The summed E-state index contributed by atoms with van der Waals surface area (Å²) in [4.78, 5) is 0. The van der Waals surface area contributed by atoms with Crippen LogP contribution in [0.1, 0.15) is 12.8 Å². The highest BCUT2D eigenvalue weighted by atomic mass is 79.9. The van der Waals surface area contributed by atoms with Crippen molar-refractivity contribution in [3.05, 3.63) is 28.2 Å². The van der Waals surface area contributed by atoms with E-state index in [2.05, 4.69) is 26.0 Å². The minimum Gasteiger partial charge on any atom is -0.317 e. The molecule has 112 valence electrons. The van der Waals surface area contributed by atoms with Crippen molar-refractivity contribution in [1.82, 2.24) is 5.32 Å². The molecule has 2 rings (SSSR count). The Kier molecular flexibility index (Phi) is 4.98. The summed E-state index contributed by atoms with van der Waals surface area (Å²) in [7, 11) is -3.65. The maximum atomic E-state index is 13.5. The molecule has 1 fully saturated rings. The third kappa shape index (κ3) is 4.13. The first-order valence-corrected chi connectivity index (χ1v) is 8.67. The van der Waals surface area contributed by atoms with Gasteiger partial charge in [-0.05, 0) is 53.8 Å². The first-order valence-electron chi connectivity index (χ1n) is 6.23. The summed E-state index contributed by atoms with van der Waals surface area (Å²) < 4.78 is 52.8. The Morgan fingerprint density at radius 1 is 1.25 bits per heavy atom. The van der Waals surface area contributed by atoms with Crippen LogP contribution in [-0.4, -0.2) is 27.3 Å². The molecule has 0 amide bonds. The van der Waals surface area contributed by atoms with Gasteiger partial charge in [0.25, 0.3) is 0 Å². The third-order valence-electron chi connectivity index (χ3n) is 3.19. The predicted octanol–water partition coefficient (Wildman–Crippen LogP) is 2.47. The third-order valence-corrected chi connectivity index (χ3v) is 5.24. The maximum Gasteiger partial charge on any atom is 0.233 e. The van der Waals surface area contributed by atoms with Gasteiger partial charge >= 0.3 is 0 Å². The van der Waals surface area contributed by atoms with Crippen LogP contribution >= 0.6 is 15.9 Å². The van der Waals surface area contributed by atoms with Crippen LogP contribution in [0.4, 0.5) is 14.5 Å². The van der Waals surface area contributed by atoms with Gasteiger partial charge in [0, 0.05) is 6.07 Å². The van der Waals surface area contributed by atoms with E-state index in [9.17, 15) is 17.2 Å². The second-order valence-electron chi connectivity index (χ2n) is 4.82. The number of piperidine rings is 1. The second kappa shape index (κ2) is 6.36. The van der Waals surface area contributed by atoms with Gasteiger partial charge in [-0.15, -0.1) is 0 Å². The van der Waals surface area contributed by atoms with E-state index >= 15 is 0 Å². The summed E-state index contributed by atoms with van der Waals surface area (Å²) in [6, 6.07) is 1.73. The van der Waals surface area contributed by atoms with Crippen LogP contribution in [0.25, 0.3) is 0 Å². The molecule has 4 nitrogen and oxygen atoms in total. The van der Waals surface area contributed by atoms with Crippen molar-refractivity contribution in [2.24, 2.45) is 5.92 Å². The molecule has 0 atom stereocenters. The first kappa shape index (κ1) is 15.7. The lowest BCUT2D eigenvalue weighted by Gasteiger charge is -2.22. The summed E-state index contributed by atoms with van der Waals surface area (Å²) in [6.45, 7) is 1.58. The molecule has 1 saturated heterocycles. The number of hydrogen-bond donors (Lipinski definition) is 2. The molecule has 20 heavy (non-hydrogen) atoms. The molecule has 1 heterocycles. The number of sulfonamides is 1. The zero-order valence-corrected chi connectivity index (χ0v) is 13.0. The lowest BCUT2D eigenvalue weighted by molar-refractivity contribution is 0.402. The van der Waals surface area contributed by atoms with Crippen LogP contribution in [0.2, 0.25) is 0 Å². The summed E-state index contributed by atoms with van der Waals surface area (Å²) >= 11 is 2.90. The summed E-state index contributed by atoms with van der Waals surface area (Å²) in [6.07, 6.45) is 1.55. The van der Waals surface area contributed by atoms with E-state index in [1.54, 1.807) is 0 Å². The van der Waals surface area contributed by atoms with Crippen molar-refractivity contribution >= 4 is 31.6 Å². The average Bonchev–Trinajstić information content (AvgIpc) is 2.36. The number of anilines is 1. The van der Waals surface area contributed by atoms with Gasteiger partial charge in [0.2, 0.25) is 10.0 Å². The summed E-state index contributed by atoms with van der Waals surface area (Å²) in [5.41, 5.74) is -0.243. The topological polar surface area (TPSA) is 58.2 Å². The molecule has 0 aromatic heterocycles. The molecule has 0 saturated carbocycles. The Hall–Kier alpha value is -0.730. The Balaban J connectivity index is 2.09. The molecule has 1 aromatic rings. The van der Waals surface area contributed by atoms with Gasteiger partial charge in [-0.3, -0.25) is 4.72 Å². The number of nitrogens with one attached hydrogen (secondary N) is 2. The monoisotopic (exact) mass is 368 g/mol. The Morgan fingerprint density at radius 3 is 2.55 bits per heavy atom. The van der Waals surface area contributed by atoms with E-state index in [0.717, 1.165) is 32.0 Å². The largest absolute Gasteiger partial charge is 0.317 e. The first-order chi connectivity index (χ1) is 9.37. The average molecular weight is 369 g/mol. The number of hydrogen-bond acceptors (Lipinski definition) is 3. The fourth-order valence-corrected chi connectivity index (χ4v) is 4.04. The fourth-order valence-electron chi connectivity index (χ4n) is 2.17. The molecule has 1 aliphatic heterocycles. The van der Waals surface area contributed by atoms with Gasteiger partial charge in [-0.2, -0.15) is 0 Å². The smallest absolute Gasteiger partial charge is 0.233 e. The minimum atomic E-state index is -3.65. The van der Waals surface area contributed by atoms with Crippen LogP contribution in [0.3, 0.4) is 0 Å². The van der Waals surface area contributed by atoms with Crippen LogP contribution in [0, 0.1) is 17.6 Å². The van der Waals surface area contributed by atoms with E-state index < -0.39 is 21.7 Å². The summed E-state index contributed by atoms with van der Waals surface area (Å²) in [5.74, 6) is -1.70. The van der Waals surface area contributed by atoms with E-state index in [1.165, 1.54) is 0 Å². The highest BCUT2D eigenvalue weighted by Crippen LogP contribution is 2.25. The Labute approximate surface area is 125 Å². The van der Waals surface area contributed by atoms with E-state index in [1.807, 2.05) is 0 Å². The van der Waals surface area contributed by atoms with Crippen molar-refractivity contribution < 1.29 is 17.2 Å². The van der Waals surface area contributed by atoms with Crippen LogP contribution in [0.5, 0.6) is 0 Å². The standard InChI is InChI=1S/C12H15BrF2N2O2S/c13-9-5-12(11(15)6-10(9)14)17-20(18,19)7-8-1-3-16-4-2-8/h5-6,8,16-17H,1-4,7H2. The van der Waals surface area contributed by atoms with Crippen molar-refractivity contribution in [3.63, 3.8) is 0 Å². The van der Waals surface area contributed by atoms with Crippen molar-refractivity contribution in [1.29, 1.82) is 0 Å². The predicted molar refractivity (Wildman–Crippen MR) is 77.1 cm³/mol. The van der Waals surface area contributed by atoms with Gasteiger partial charge in [0.1, 0.15) is 11.6 Å². The molecule has 0 aliphatic carbocycles. The minimum absolute atomic E-state index is 0.0125. The van der Waals surface area contributed by atoms with Crippen LogP contribution in [-0.2, 0) is 10.0 Å². The number of benzene rings is 1. The van der Waals surface area contributed by atoms with Gasteiger partial charge in [0.05, 0.1) is 15.9 Å². The molecule has 1 aromatic carbocycles. The van der Waals surface area contributed by atoms with Crippen molar-refractivity contribution in [2.45, 2.75) is 12.8 Å². The SMILES string of the molecule is O=S(=O)(CC1CCNCC1)Nc1cc(Br)c(F)cc1F. The molecule has 0 unspecified atom stereocenters. The molecular weight excluding hydrogens is 354 g/mol. The van der Waals surface area contributed by atoms with Gasteiger partial charge in [-0.1, -0.05) is 0 Å². The van der Waals surface area contributed by atoms with E-state index in [-0.39, 0.29) is 21.8 Å². The van der Waals surface area contributed by atoms with E-state index in [4.69, 9.17) is 0 Å². The Morgan fingerprint density at radius 2 is 1.90 bits per heavy atom. The molecule has 0 bridgehead atoms. The lowest BCUT2D eigenvalue weighted by atomic mass is 10.0. The van der Waals surface area contributed by atoms with Crippen LogP contribution in [0.15, 0.2) is 16.6 Å². The van der Waals surface area contributed by atoms with Gasteiger partial charge < -0.3 is 5.32 Å². The maximum absolute atomic E-state index is 13.5. The molecule has 1 aliphatic rings. The summed E-state index contributed by atoms with van der Waals surface area (Å²) in [5, 5.41) is 3.15. The number of halogens is 3.